The summed E-state index contributed by atoms with van der Waals surface area (Å²) in [5.74, 6) is -1.23. The molecule has 0 aromatic carbocycles. The molecule has 1 aliphatic rings. The SMILES string of the molecule is COC(=O)/C=C\C(=O)N1CCOC1=O. The number of imide groups is 1. The molecule has 1 aliphatic heterocycles. The van der Waals surface area contributed by atoms with Crippen LogP contribution in [0.3, 0.4) is 0 Å². The third kappa shape index (κ3) is 2.32. The maximum absolute atomic E-state index is 11.2. The summed E-state index contributed by atoms with van der Waals surface area (Å²) in [6.45, 7) is 0.403. The van der Waals surface area contributed by atoms with Crippen LogP contribution in [0.2, 0.25) is 0 Å². The third-order valence-electron chi connectivity index (χ3n) is 1.59. The average molecular weight is 199 g/mol. The van der Waals surface area contributed by atoms with E-state index in [0.29, 0.717) is 0 Å². The molecule has 1 saturated heterocycles. The van der Waals surface area contributed by atoms with Gasteiger partial charge in [-0.2, -0.15) is 0 Å². The van der Waals surface area contributed by atoms with Crippen LogP contribution in [-0.4, -0.2) is 43.1 Å². The summed E-state index contributed by atoms with van der Waals surface area (Å²) < 4.78 is 8.81. The molecule has 0 bridgehead atoms. The van der Waals surface area contributed by atoms with E-state index in [4.69, 9.17) is 0 Å². The van der Waals surface area contributed by atoms with Gasteiger partial charge >= 0.3 is 12.1 Å². The summed E-state index contributed by atoms with van der Waals surface area (Å²) in [5.41, 5.74) is 0. The molecular weight excluding hydrogens is 190 g/mol. The van der Waals surface area contributed by atoms with Crippen LogP contribution in [-0.2, 0) is 19.1 Å². The highest BCUT2D eigenvalue weighted by molar-refractivity contribution is 6.02. The van der Waals surface area contributed by atoms with Crippen molar-refractivity contribution in [3.8, 4) is 0 Å². The number of amides is 2. The number of hydrogen-bond acceptors (Lipinski definition) is 5. The van der Waals surface area contributed by atoms with E-state index in [2.05, 4.69) is 9.47 Å². The van der Waals surface area contributed by atoms with Crippen LogP contribution in [0, 0.1) is 0 Å². The van der Waals surface area contributed by atoms with Gasteiger partial charge in [0.2, 0.25) is 0 Å². The summed E-state index contributed by atoms with van der Waals surface area (Å²) in [6, 6.07) is 0. The Morgan fingerprint density at radius 3 is 2.71 bits per heavy atom. The number of carbonyl (C=O) groups excluding carboxylic acids is 3. The van der Waals surface area contributed by atoms with E-state index >= 15 is 0 Å². The second-order valence-electron chi connectivity index (χ2n) is 2.46. The monoisotopic (exact) mass is 199 g/mol. The molecule has 0 aromatic rings. The number of ether oxygens (including phenoxy) is 2. The lowest BCUT2D eigenvalue weighted by Gasteiger charge is -2.05. The van der Waals surface area contributed by atoms with Crippen LogP contribution in [0.4, 0.5) is 4.79 Å². The van der Waals surface area contributed by atoms with E-state index in [1.54, 1.807) is 0 Å². The van der Waals surface area contributed by atoms with Gasteiger partial charge < -0.3 is 9.47 Å². The molecule has 6 heteroatoms. The largest absolute Gasteiger partial charge is 0.466 e. The predicted molar refractivity (Wildman–Crippen MR) is 44.2 cm³/mol. The molecule has 0 N–H and O–H groups in total. The van der Waals surface area contributed by atoms with Gasteiger partial charge in [0.1, 0.15) is 6.61 Å². The van der Waals surface area contributed by atoms with Crippen molar-refractivity contribution in [1.29, 1.82) is 0 Å². The number of methoxy groups -OCH3 is 1. The van der Waals surface area contributed by atoms with Crippen LogP contribution in [0.25, 0.3) is 0 Å². The van der Waals surface area contributed by atoms with E-state index in [9.17, 15) is 14.4 Å². The maximum Gasteiger partial charge on any atom is 0.416 e. The molecule has 0 aromatic heterocycles. The summed E-state index contributed by atoms with van der Waals surface area (Å²) in [4.78, 5) is 33.6. The van der Waals surface area contributed by atoms with Gasteiger partial charge in [-0.25, -0.2) is 14.5 Å². The Morgan fingerprint density at radius 1 is 1.50 bits per heavy atom. The number of nitrogens with zero attached hydrogens (tertiary/aromatic N) is 1. The second kappa shape index (κ2) is 4.40. The highest BCUT2D eigenvalue weighted by atomic mass is 16.6. The molecule has 0 atom stereocenters. The Hall–Kier alpha value is -1.85. The standard InChI is InChI=1S/C8H9NO5/c1-13-7(11)3-2-6(10)9-4-5-14-8(9)12/h2-3H,4-5H2,1H3/b3-2-. The van der Waals surface area contributed by atoms with Crippen molar-refractivity contribution < 1.29 is 23.9 Å². The zero-order chi connectivity index (χ0) is 10.6. The molecule has 14 heavy (non-hydrogen) atoms. The van der Waals surface area contributed by atoms with Gasteiger partial charge in [0, 0.05) is 12.2 Å². The van der Waals surface area contributed by atoms with E-state index in [1.807, 2.05) is 0 Å². The quantitative estimate of drug-likeness (QED) is 0.450. The van der Waals surface area contributed by atoms with Crippen LogP contribution in [0.5, 0.6) is 0 Å². The van der Waals surface area contributed by atoms with Crippen LogP contribution >= 0.6 is 0 Å². The van der Waals surface area contributed by atoms with E-state index < -0.39 is 18.0 Å². The van der Waals surface area contributed by atoms with Gasteiger partial charge in [0.25, 0.3) is 5.91 Å². The van der Waals surface area contributed by atoms with Gasteiger partial charge in [-0.3, -0.25) is 4.79 Å². The number of rotatable bonds is 2. The Morgan fingerprint density at radius 2 is 2.21 bits per heavy atom. The summed E-state index contributed by atoms with van der Waals surface area (Å²) in [5, 5.41) is 0. The minimum absolute atomic E-state index is 0.191. The fourth-order valence-electron chi connectivity index (χ4n) is 0.891. The maximum atomic E-state index is 11.2. The van der Waals surface area contributed by atoms with Crippen LogP contribution in [0.15, 0.2) is 12.2 Å². The first-order valence-electron chi connectivity index (χ1n) is 3.89. The molecule has 1 heterocycles. The average Bonchev–Trinajstić information content (AvgIpc) is 2.60. The third-order valence-corrected chi connectivity index (χ3v) is 1.59. The van der Waals surface area contributed by atoms with Gasteiger partial charge in [-0.15, -0.1) is 0 Å². The van der Waals surface area contributed by atoms with Gasteiger partial charge in [0.05, 0.1) is 13.7 Å². The highest BCUT2D eigenvalue weighted by Crippen LogP contribution is 2.03. The summed E-state index contributed by atoms with van der Waals surface area (Å²) >= 11 is 0. The van der Waals surface area contributed by atoms with E-state index in [1.165, 1.54) is 7.11 Å². The Kier molecular flexibility index (Phi) is 3.22. The number of esters is 1. The van der Waals surface area contributed by atoms with Crippen molar-refractivity contribution in [2.45, 2.75) is 0 Å². The van der Waals surface area contributed by atoms with Gasteiger partial charge in [-0.05, 0) is 0 Å². The molecule has 76 valence electrons. The van der Waals surface area contributed by atoms with Gasteiger partial charge in [-0.1, -0.05) is 0 Å². The zero-order valence-electron chi connectivity index (χ0n) is 7.56. The molecule has 0 radical (unpaired) electrons. The topological polar surface area (TPSA) is 72.9 Å². The summed E-state index contributed by atoms with van der Waals surface area (Å²) in [6.07, 6.45) is 1.23. The number of hydrogen-bond donors (Lipinski definition) is 0. The molecule has 0 saturated carbocycles. The summed E-state index contributed by atoms with van der Waals surface area (Å²) in [7, 11) is 1.20. The van der Waals surface area contributed by atoms with Gasteiger partial charge in [0.15, 0.2) is 0 Å². The fraction of sp³-hybridized carbons (Fsp3) is 0.375. The smallest absolute Gasteiger partial charge is 0.416 e. The molecule has 1 rings (SSSR count). The lowest BCUT2D eigenvalue weighted by molar-refractivity contribution is -0.135. The van der Waals surface area contributed by atoms with Crippen molar-refractivity contribution in [3.05, 3.63) is 12.2 Å². The van der Waals surface area contributed by atoms with Crippen LogP contribution in [0.1, 0.15) is 0 Å². The minimum Gasteiger partial charge on any atom is -0.466 e. The normalized spacial score (nSPS) is 15.8. The minimum atomic E-state index is -0.690. The molecule has 0 aliphatic carbocycles. The van der Waals surface area contributed by atoms with E-state index in [-0.39, 0.29) is 13.2 Å². The molecule has 1 fully saturated rings. The number of cyclic esters (lactones) is 1. The first kappa shape index (κ1) is 10.2. The molecule has 0 spiro atoms. The van der Waals surface area contributed by atoms with Crippen molar-refractivity contribution in [2.75, 3.05) is 20.3 Å². The lowest BCUT2D eigenvalue weighted by Crippen LogP contribution is -2.30. The van der Waals surface area contributed by atoms with E-state index in [0.717, 1.165) is 17.1 Å². The van der Waals surface area contributed by atoms with Crippen molar-refractivity contribution >= 4 is 18.0 Å². The molecular formula is C8H9NO5. The molecule has 0 unspecified atom stereocenters. The first-order valence-corrected chi connectivity index (χ1v) is 3.89. The van der Waals surface area contributed by atoms with Crippen molar-refractivity contribution in [1.82, 2.24) is 4.90 Å². The van der Waals surface area contributed by atoms with Crippen molar-refractivity contribution in [2.24, 2.45) is 0 Å². The Labute approximate surface area is 80.1 Å². The molecule has 6 nitrogen and oxygen atoms in total. The Balaban J connectivity index is 2.53. The van der Waals surface area contributed by atoms with Crippen LogP contribution < -0.4 is 0 Å². The number of carbonyl (C=O) groups is 3. The van der Waals surface area contributed by atoms with Crippen molar-refractivity contribution in [3.63, 3.8) is 0 Å². The highest BCUT2D eigenvalue weighted by Gasteiger charge is 2.26. The predicted octanol–water partition coefficient (Wildman–Crippen LogP) is -0.306. The Bertz CT molecular complexity index is 296. The second-order valence-corrected chi connectivity index (χ2v) is 2.46. The lowest BCUT2D eigenvalue weighted by atomic mass is 10.4. The zero-order valence-corrected chi connectivity index (χ0v) is 7.56. The first-order chi connectivity index (χ1) is 6.65. The molecule has 2 amide bonds. The fourth-order valence-corrected chi connectivity index (χ4v) is 0.891.